The lowest BCUT2D eigenvalue weighted by Crippen LogP contribution is -2.00. The Labute approximate surface area is 287 Å². The molecule has 0 aliphatic rings. The number of rotatable bonds is 5. The van der Waals surface area contributed by atoms with Crippen LogP contribution in [-0.4, -0.2) is 19.5 Å². The summed E-state index contributed by atoms with van der Waals surface area (Å²) in [6.45, 7) is 0. The fourth-order valence-corrected chi connectivity index (χ4v) is 7.06. The molecular weight excluding hydrogens is 613 g/mol. The first-order valence-electron chi connectivity index (χ1n) is 16.7. The average Bonchev–Trinajstić information content (AvgIpc) is 3.73. The highest BCUT2D eigenvalue weighted by molar-refractivity contribution is 6.10. The van der Waals surface area contributed by atoms with E-state index in [2.05, 4.69) is 102 Å². The summed E-state index contributed by atoms with van der Waals surface area (Å²) in [5.41, 5.74) is 10.2. The first-order valence-corrected chi connectivity index (χ1v) is 16.7. The van der Waals surface area contributed by atoms with Crippen molar-refractivity contribution in [3.05, 3.63) is 170 Å². The van der Waals surface area contributed by atoms with Crippen LogP contribution in [0.15, 0.2) is 174 Å². The molecule has 5 heteroatoms. The average molecular weight is 641 g/mol. The van der Waals surface area contributed by atoms with E-state index in [4.69, 9.17) is 19.4 Å². The first-order chi connectivity index (χ1) is 24.8. The molecular formula is C45H28N4O. The van der Waals surface area contributed by atoms with E-state index < -0.39 is 0 Å². The molecule has 10 aromatic rings. The summed E-state index contributed by atoms with van der Waals surface area (Å²) in [6, 6.07) is 58.7. The van der Waals surface area contributed by atoms with Gasteiger partial charge in [-0.2, -0.15) is 0 Å². The minimum Gasteiger partial charge on any atom is -0.456 e. The van der Waals surface area contributed by atoms with Gasteiger partial charge in [0.2, 0.25) is 0 Å². The maximum absolute atomic E-state index is 6.23. The quantitative estimate of drug-likeness (QED) is 0.188. The lowest BCUT2D eigenvalue weighted by atomic mass is 10.0. The van der Waals surface area contributed by atoms with Gasteiger partial charge in [0.25, 0.3) is 0 Å². The Kier molecular flexibility index (Phi) is 6.42. The van der Waals surface area contributed by atoms with Crippen LogP contribution in [0.3, 0.4) is 0 Å². The number of nitrogens with zero attached hydrogens (tertiary/aromatic N) is 4. The van der Waals surface area contributed by atoms with Crippen molar-refractivity contribution >= 4 is 43.7 Å². The molecule has 0 saturated heterocycles. The third-order valence-electron chi connectivity index (χ3n) is 9.45. The number of aromatic nitrogens is 4. The van der Waals surface area contributed by atoms with Crippen LogP contribution in [0.1, 0.15) is 0 Å². The summed E-state index contributed by atoms with van der Waals surface area (Å²) in [7, 11) is 0. The van der Waals surface area contributed by atoms with Gasteiger partial charge < -0.3 is 8.98 Å². The highest BCUT2D eigenvalue weighted by Crippen LogP contribution is 2.37. The molecule has 0 spiro atoms. The van der Waals surface area contributed by atoms with E-state index in [1.807, 2.05) is 72.8 Å². The second kappa shape index (κ2) is 11.4. The molecule has 5 nitrogen and oxygen atoms in total. The van der Waals surface area contributed by atoms with Gasteiger partial charge in [-0.3, -0.25) is 0 Å². The zero-order valence-electron chi connectivity index (χ0n) is 26.9. The second-order valence-electron chi connectivity index (χ2n) is 12.5. The number of hydrogen-bond acceptors (Lipinski definition) is 4. The van der Waals surface area contributed by atoms with Crippen LogP contribution in [-0.2, 0) is 0 Å². The van der Waals surface area contributed by atoms with Gasteiger partial charge in [-0.15, -0.1) is 0 Å². The Morgan fingerprint density at radius 3 is 1.66 bits per heavy atom. The molecule has 0 N–H and O–H groups in total. The summed E-state index contributed by atoms with van der Waals surface area (Å²) < 4.78 is 8.57. The van der Waals surface area contributed by atoms with Crippen molar-refractivity contribution in [3.63, 3.8) is 0 Å². The molecule has 234 valence electrons. The Hall–Kier alpha value is -6.85. The molecule has 0 bridgehead atoms. The number of fused-ring (bicyclic) bond motifs is 6. The van der Waals surface area contributed by atoms with Crippen LogP contribution in [0.4, 0.5) is 0 Å². The van der Waals surface area contributed by atoms with Gasteiger partial charge in [0.05, 0.1) is 11.0 Å². The normalized spacial score (nSPS) is 11.6. The predicted molar refractivity (Wildman–Crippen MR) is 203 cm³/mol. The van der Waals surface area contributed by atoms with Crippen molar-refractivity contribution in [1.29, 1.82) is 0 Å². The zero-order chi connectivity index (χ0) is 33.0. The third kappa shape index (κ3) is 4.67. The van der Waals surface area contributed by atoms with E-state index in [1.54, 1.807) is 0 Å². The monoisotopic (exact) mass is 640 g/mol. The van der Waals surface area contributed by atoms with E-state index in [-0.39, 0.29) is 0 Å². The van der Waals surface area contributed by atoms with E-state index >= 15 is 0 Å². The largest absolute Gasteiger partial charge is 0.456 e. The fraction of sp³-hybridized carbons (Fsp3) is 0. The van der Waals surface area contributed by atoms with Gasteiger partial charge in [-0.25, -0.2) is 15.0 Å². The summed E-state index contributed by atoms with van der Waals surface area (Å²) in [5, 5.41) is 4.56. The third-order valence-corrected chi connectivity index (χ3v) is 9.45. The molecule has 0 saturated carbocycles. The molecule has 3 aromatic heterocycles. The molecule has 0 unspecified atom stereocenters. The standard InChI is InChI=1S/C45H28N4O/c1-3-12-29(13-4-1)43-46-44(30-14-5-2-6-15-30)48-45(47-43)33-23-25-40-38(27-33)35-18-7-9-20-39(35)49(40)34-17-11-16-31(26-34)32-22-24-37-36-19-8-10-21-41(36)50-42(37)28-32/h1-28H. The van der Waals surface area contributed by atoms with Gasteiger partial charge in [0.15, 0.2) is 17.5 Å². The van der Waals surface area contributed by atoms with Crippen molar-refractivity contribution in [3.8, 4) is 51.0 Å². The Bertz CT molecular complexity index is 2810. The van der Waals surface area contributed by atoms with E-state index in [9.17, 15) is 0 Å². The lowest BCUT2D eigenvalue weighted by Gasteiger charge is -2.11. The Morgan fingerprint density at radius 2 is 0.900 bits per heavy atom. The van der Waals surface area contributed by atoms with Crippen LogP contribution < -0.4 is 0 Å². The SMILES string of the molecule is c1ccc(-c2nc(-c3ccccc3)nc(-c3ccc4c(c3)c3ccccc3n4-c3cccc(-c4ccc5c(c4)oc4ccccc45)c3)n2)cc1. The summed E-state index contributed by atoms with van der Waals surface area (Å²) in [6.07, 6.45) is 0. The summed E-state index contributed by atoms with van der Waals surface area (Å²) in [5.74, 6) is 1.93. The minimum absolute atomic E-state index is 0.638. The molecule has 0 aliphatic carbocycles. The maximum Gasteiger partial charge on any atom is 0.164 e. The smallest absolute Gasteiger partial charge is 0.164 e. The molecule has 50 heavy (non-hydrogen) atoms. The zero-order valence-corrected chi connectivity index (χ0v) is 26.9. The highest BCUT2D eigenvalue weighted by Gasteiger charge is 2.17. The second-order valence-corrected chi connectivity index (χ2v) is 12.5. The van der Waals surface area contributed by atoms with Gasteiger partial charge in [0.1, 0.15) is 11.2 Å². The number of hydrogen-bond donors (Lipinski definition) is 0. The molecule has 3 heterocycles. The van der Waals surface area contributed by atoms with Crippen LogP contribution >= 0.6 is 0 Å². The lowest BCUT2D eigenvalue weighted by molar-refractivity contribution is 0.669. The molecule has 7 aromatic carbocycles. The van der Waals surface area contributed by atoms with Gasteiger partial charge in [-0.05, 0) is 65.7 Å². The van der Waals surface area contributed by atoms with Gasteiger partial charge in [-0.1, -0.05) is 115 Å². The maximum atomic E-state index is 6.23. The number of para-hydroxylation sites is 2. The molecule has 0 atom stereocenters. The summed E-state index contributed by atoms with van der Waals surface area (Å²) >= 11 is 0. The topological polar surface area (TPSA) is 56.7 Å². The molecule has 0 amide bonds. The molecule has 0 aliphatic heterocycles. The van der Waals surface area contributed by atoms with Gasteiger partial charge in [0, 0.05) is 43.9 Å². The summed E-state index contributed by atoms with van der Waals surface area (Å²) in [4.78, 5) is 14.9. The first kappa shape index (κ1) is 28.2. The van der Waals surface area contributed by atoms with Crippen LogP contribution in [0.5, 0.6) is 0 Å². The molecule has 0 radical (unpaired) electrons. The molecule has 10 rings (SSSR count). The predicted octanol–water partition coefficient (Wildman–Crippen LogP) is 11.5. The van der Waals surface area contributed by atoms with Crippen molar-refractivity contribution in [2.75, 3.05) is 0 Å². The fourth-order valence-electron chi connectivity index (χ4n) is 7.06. The minimum atomic E-state index is 0.638. The van der Waals surface area contributed by atoms with E-state index in [1.165, 1.54) is 5.39 Å². The van der Waals surface area contributed by atoms with Gasteiger partial charge >= 0.3 is 0 Å². The number of benzene rings is 7. The van der Waals surface area contributed by atoms with Crippen molar-refractivity contribution in [2.45, 2.75) is 0 Å². The highest BCUT2D eigenvalue weighted by atomic mass is 16.3. The van der Waals surface area contributed by atoms with Crippen LogP contribution in [0.2, 0.25) is 0 Å². The number of furan rings is 1. The van der Waals surface area contributed by atoms with Crippen molar-refractivity contribution in [1.82, 2.24) is 19.5 Å². The van der Waals surface area contributed by atoms with Crippen molar-refractivity contribution in [2.24, 2.45) is 0 Å². The molecule has 0 fully saturated rings. The Morgan fingerprint density at radius 1 is 0.340 bits per heavy atom. The Balaban J connectivity index is 1.12. The van der Waals surface area contributed by atoms with Crippen LogP contribution in [0, 0.1) is 0 Å². The van der Waals surface area contributed by atoms with Crippen LogP contribution in [0.25, 0.3) is 94.7 Å². The van der Waals surface area contributed by atoms with E-state index in [0.717, 1.165) is 71.9 Å². The van der Waals surface area contributed by atoms with E-state index in [0.29, 0.717) is 17.5 Å². The van der Waals surface area contributed by atoms with Crippen molar-refractivity contribution < 1.29 is 4.42 Å².